The molecule has 0 aliphatic rings. The molecule has 0 heterocycles. The molecule has 0 aliphatic heterocycles. The molecule has 0 amide bonds. The summed E-state index contributed by atoms with van der Waals surface area (Å²) in [5.74, 6) is 0.937. The Labute approximate surface area is 153 Å². The van der Waals surface area contributed by atoms with Crippen LogP contribution < -0.4 is 0 Å². The molecule has 0 saturated heterocycles. The zero-order chi connectivity index (χ0) is 17.7. The highest BCUT2D eigenvalue weighted by molar-refractivity contribution is 4.79. The van der Waals surface area contributed by atoms with Crippen LogP contribution in [0.3, 0.4) is 0 Å². The summed E-state index contributed by atoms with van der Waals surface area (Å²) < 4.78 is 5.52. The van der Waals surface area contributed by atoms with Gasteiger partial charge in [0.15, 0.2) is 0 Å². The normalized spacial score (nSPS) is 10.9. The number of hydrogen-bond acceptors (Lipinski definition) is 1. The van der Waals surface area contributed by atoms with Gasteiger partial charge in [0.1, 0.15) is 0 Å². The average molecular weight is 339 g/mol. The van der Waals surface area contributed by atoms with Crippen LogP contribution in [0.4, 0.5) is 0 Å². The summed E-state index contributed by atoms with van der Waals surface area (Å²) in [6.07, 6.45) is 25.1. The Balaban J connectivity index is 2.99. The molecule has 0 atom stereocenters. The number of rotatable bonds is 20. The molecular weight excluding hydrogens is 292 g/mol. The van der Waals surface area contributed by atoms with Crippen molar-refractivity contribution in [1.82, 2.24) is 0 Å². The lowest BCUT2D eigenvalue weighted by molar-refractivity contribution is 0.199. The monoisotopic (exact) mass is 338 g/mol. The number of unbranched alkanes of at least 4 members (excludes halogenated alkanes) is 16. The number of allylic oxidation sites excluding steroid dienone is 1. The van der Waals surface area contributed by atoms with Crippen LogP contribution in [0.2, 0.25) is 0 Å². The standard InChI is InChI=1S/C23H46O/c1-4-6-7-8-9-10-11-12-13-14-15-16-17-18-19-20-21-22-24-23(3)5-2/h3-22H2,1-2H3. The highest BCUT2D eigenvalue weighted by Crippen LogP contribution is 2.14. The molecule has 0 aromatic rings. The van der Waals surface area contributed by atoms with E-state index in [4.69, 9.17) is 4.74 Å². The summed E-state index contributed by atoms with van der Waals surface area (Å²) in [7, 11) is 0. The Morgan fingerprint density at radius 1 is 0.542 bits per heavy atom. The first kappa shape index (κ1) is 23.5. The van der Waals surface area contributed by atoms with E-state index in [1.807, 2.05) is 0 Å². The molecule has 0 aromatic carbocycles. The van der Waals surface area contributed by atoms with Gasteiger partial charge in [-0.2, -0.15) is 0 Å². The maximum atomic E-state index is 5.52. The van der Waals surface area contributed by atoms with Gasteiger partial charge in [0, 0.05) is 6.42 Å². The molecule has 24 heavy (non-hydrogen) atoms. The molecule has 0 rings (SSSR count). The second kappa shape index (κ2) is 20.6. The summed E-state index contributed by atoms with van der Waals surface area (Å²) in [6, 6.07) is 0. The van der Waals surface area contributed by atoms with Crippen LogP contribution in [0.1, 0.15) is 129 Å². The minimum Gasteiger partial charge on any atom is -0.499 e. The average Bonchev–Trinajstić information content (AvgIpc) is 2.60. The van der Waals surface area contributed by atoms with E-state index in [0.717, 1.165) is 18.8 Å². The molecule has 144 valence electrons. The first-order valence-corrected chi connectivity index (χ1v) is 11.1. The summed E-state index contributed by atoms with van der Waals surface area (Å²) in [5, 5.41) is 0. The van der Waals surface area contributed by atoms with E-state index >= 15 is 0 Å². The first-order valence-electron chi connectivity index (χ1n) is 11.1. The van der Waals surface area contributed by atoms with Crippen LogP contribution in [0.5, 0.6) is 0 Å². The van der Waals surface area contributed by atoms with Crippen molar-refractivity contribution in [2.24, 2.45) is 0 Å². The molecule has 0 N–H and O–H groups in total. The van der Waals surface area contributed by atoms with E-state index in [1.165, 1.54) is 109 Å². The van der Waals surface area contributed by atoms with Crippen molar-refractivity contribution >= 4 is 0 Å². The quantitative estimate of drug-likeness (QED) is 0.159. The van der Waals surface area contributed by atoms with Crippen LogP contribution in [0, 0.1) is 0 Å². The maximum absolute atomic E-state index is 5.52. The fraction of sp³-hybridized carbons (Fsp3) is 0.913. The molecule has 1 nitrogen and oxygen atoms in total. The van der Waals surface area contributed by atoms with Crippen LogP contribution in [0.25, 0.3) is 0 Å². The summed E-state index contributed by atoms with van der Waals surface area (Å²) >= 11 is 0. The highest BCUT2D eigenvalue weighted by atomic mass is 16.5. The van der Waals surface area contributed by atoms with Crippen LogP contribution in [-0.4, -0.2) is 6.61 Å². The second-order valence-corrected chi connectivity index (χ2v) is 7.40. The number of hydrogen-bond donors (Lipinski definition) is 0. The SMILES string of the molecule is C=C(CC)OCCCCCCCCCCCCCCCCCCC. The van der Waals surface area contributed by atoms with Crippen molar-refractivity contribution in [3.05, 3.63) is 12.3 Å². The van der Waals surface area contributed by atoms with Crippen LogP contribution in [0.15, 0.2) is 12.3 Å². The van der Waals surface area contributed by atoms with Gasteiger partial charge >= 0.3 is 0 Å². The van der Waals surface area contributed by atoms with Crippen LogP contribution >= 0.6 is 0 Å². The van der Waals surface area contributed by atoms with Gasteiger partial charge in [-0.25, -0.2) is 0 Å². The van der Waals surface area contributed by atoms with Gasteiger partial charge in [0.25, 0.3) is 0 Å². The van der Waals surface area contributed by atoms with Gasteiger partial charge in [-0.1, -0.05) is 123 Å². The van der Waals surface area contributed by atoms with E-state index < -0.39 is 0 Å². The maximum Gasteiger partial charge on any atom is 0.0885 e. The van der Waals surface area contributed by atoms with Gasteiger partial charge in [-0.05, 0) is 6.42 Å². The Hall–Kier alpha value is -0.460. The van der Waals surface area contributed by atoms with Gasteiger partial charge in [-0.3, -0.25) is 0 Å². The largest absolute Gasteiger partial charge is 0.499 e. The summed E-state index contributed by atoms with van der Waals surface area (Å²) in [5.41, 5.74) is 0. The summed E-state index contributed by atoms with van der Waals surface area (Å²) in [6.45, 7) is 9.12. The minimum atomic E-state index is 0.866. The van der Waals surface area contributed by atoms with Gasteiger partial charge in [0.2, 0.25) is 0 Å². The third-order valence-corrected chi connectivity index (χ3v) is 4.95. The Morgan fingerprint density at radius 3 is 1.21 bits per heavy atom. The fourth-order valence-electron chi connectivity index (χ4n) is 3.15. The zero-order valence-corrected chi connectivity index (χ0v) is 17.1. The zero-order valence-electron chi connectivity index (χ0n) is 17.1. The van der Waals surface area contributed by atoms with Crippen molar-refractivity contribution in [2.45, 2.75) is 129 Å². The minimum absolute atomic E-state index is 0.866. The van der Waals surface area contributed by atoms with E-state index in [0.29, 0.717) is 0 Å². The van der Waals surface area contributed by atoms with Crippen LogP contribution in [-0.2, 0) is 4.74 Å². The van der Waals surface area contributed by atoms with E-state index in [9.17, 15) is 0 Å². The number of ether oxygens (including phenoxy) is 1. The van der Waals surface area contributed by atoms with Gasteiger partial charge < -0.3 is 4.74 Å². The van der Waals surface area contributed by atoms with Crippen molar-refractivity contribution in [2.75, 3.05) is 6.61 Å². The molecule has 0 aromatic heterocycles. The van der Waals surface area contributed by atoms with E-state index in [2.05, 4.69) is 20.4 Å². The predicted octanol–water partition coefficient (Wildman–Crippen LogP) is 8.58. The molecule has 0 saturated carbocycles. The molecule has 0 fully saturated rings. The van der Waals surface area contributed by atoms with Gasteiger partial charge in [0.05, 0.1) is 12.4 Å². The highest BCUT2D eigenvalue weighted by Gasteiger charge is 1.95. The summed E-state index contributed by atoms with van der Waals surface area (Å²) in [4.78, 5) is 0. The lowest BCUT2D eigenvalue weighted by atomic mass is 10.0. The Kier molecular flexibility index (Phi) is 20.2. The third-order valence-electron chi connectivity index (χ3n) is 4.95. The predicted molar refractivity (Wildman–Crippen MR) is 110 cm³/mol. The second-order valence-electron chi connectivity index (χ2n) is 7.40. The third kappa shape index (κ3) is 19.6. The Morgan fingerprint density at radius 2 is 0.875 bits per heavy atom. The lowest BCUT2D eigenvalue weighted by Crippen LogP contribution is -1.93. The first-order chi connectivity index (χ1) is 11.8. The fourth-order valence-corrected chi connectivity index (χ4v) is 3.15. The molecule has 0 spiro atoms. The van der Waals surface area contributed by atoms with E-state index in [-0.39, 0.29) is 0 Å². The molecule has 0 aliphatic carbocycles. The molecule has 0 unspecified atom stereocenters. The topological polar surface area (TPSA) is 9.23 Å². The van der Waals surface area contributed by atoms with Gasteiger partial charge in [-0.15, -0.1) is 0 Å². The van der Waals surface area contributed by atoms with Crippen molar-refractivity contribution < 1.29 is 4.74 Å². The molecular formula is C23H46O. The van der Waals surface area contributed by atoms with E-state index in [1.54, 1.807) is 0 Å². The molecule has 0 bridgehead atoms. The van der Waals surface area contributed by atoms with Crippen molar-refractivity contribution in [3.63, 3.8) is 0 Å². The van der Waals surface area contributed by atoms with Crippen molar-refractivity contribution in [3.8, 4) is 0 Å². The smallest absolute Gasteiger partial charge is 0.0885 e. The van der Waals surface area contributed by atoms with Crippen molar-refractivity contribution in [1.29, 1.82) is 0 Å². The molecule has 0 radical (unpaired) electrons. The molecule has 1 heteroatoms. The lowest BCUT2D eigenvalue weighted by Gasteiger charge is -2.06. The Bertz CT molecular complexity index is 246.